The van der Waals surface area contributed by atoms with Gasteiger partial charge in [0.25, 0.3) is 0 Å². The molecule has 17 heavy (non-hydrogen) atoms. The Labute approximate surface area is 104 Å². The number of hydrogen-bond acceptors (Lipinski definition) is 6. The summed E-state index contributed by atoms with van der Waals surface area (Å²) in [5.74, 6) is 1.02. The van der Waals surface area contributed by atoms with Crippen LogP contribution in [0.1, 0.15) is 13.3 Å². The lowest BCUT2D eigenvalue weighted by Crippen LogP contribution is -2.04. The van der Waals surface area contributed by atoms with Gasteiger partial charge in [-0.3, -0.25) is 10.1 Å². The highest BCUT2D eigenvalue weighted by molar-refractivity contribution is 7.99. The first-order valence-electron chi connectivity index (χ1n) is 5.32. The van der Waals surface area contributed by atoms with Gasteiger partial charge in [0.2, 0.25) is 0 Å². The van der Waals surface area contributed by atoms with E-state index in [0.717, 1.165) is 13.0 Å². The van der Waals surface area contributed by atoms with Crippen LogP contribution in [-0.2, 0) is 0 Å². The second-order valence-electron chi connectivity index (χ2n) is 3.28. The Kier molecular flexibility index (Phi) is 5.71. The normalized spacial score (nSPS) is 10.2. The zero-order valence-electron chi connectivity index (χ0n) is 9.55. The summed E-state index contributed by atoms with van der Waals surface area (Å²) in [6.07, 6.45) is 0.956. The molecular weight excluding hydrogens is 242 g/mol. The van der Waals surface area contributed by atoms with E-state index >= 15 is 0 Å². The maximum atomic E-state index is 10.8. The van der Waals surface area contributed by atoms with Crippen molar-refractivity contribution in [2.45, 2.75) is 18.4 Å². The molecule has 94 valence electrons. The van der Waals surface area contributed by atoms with E-state index in [1.165, 1.54) is 17.8 Å². The number of nitro groups is 1. The number of nitrogens with zero attached hydrogens (tertiary/aromatic N) is 2. The Morgan fingerprint density at radius 1 is 1.59 bits per heavy atom. The average molecular weight is 257 g/mol. The molecule has 0 fully saturated rings. The van der Waals surface area contributed by atoms with E-state index in [1.807, 2.05) is 6.92 Å². The molecule has 0 aliphatic heterocycles. The molecule has 6 nitrogen and oxygen atoms in total. The molecule has 0 unspecified atom stereocenters. The topological polar surface area (TPSA) is 88.3 Å². The third-order valence-corrected chi connectivity index (χ3v) is 2.88. The molecule has 1 heterocycles. The van der Waals surface area contributed by atoms with E-state index in [2.05, 4.69) is 10.3 Å². The number of hydrogen-bond donors (Lipinski definition) is 2. The summed E-state index contributed by atoms with van der Waals surface area (Å²) in [6.45, 7) is 2.77. The van der Waals surface area contributed by atoms with Crippen molar-refractivity contribution >= 4 is 23.3 Å². The van der Waals surface area contributed by atoms with Crippen LogP contribution in [-0.4, -0.2) is 33.9 Å². The molecule has 0 spiro atoms. The van der Waals surface area contributed by atoms with Gasteiger partial charge in [-0.2, -0.15) is 0 Å². The summed E-state index contributed by atoms with van der Waals surface area (Å²) in [4.78, 5) is 14.5. The Morgan fingerprint density at radius 3 is 2.94 bits per heavy atom. The SMILES string of the molecule is CCCNc1ccc([N+](=O)[O-])c(SCCO)n1. The minimum Gasteiger partial charge on any atom is -0.396 e. The van der Waals surface area contributed by atoms with Crippen molar-refractivity contribution in [2.24, 2.45) is 0 Å². The molecule has 0 amide bonds. The van der Waals surface area contributed by atoms with Crippen LogP contribution in [0.5, 0.6) is 0 Å². The molecule has 0 aromatic carbocycles. The number of aromatic nitrogens is 1. The van der Waals surface area contributed by atoms with Gasteiger partial charge in [-0.05, 0) is 12.5 Å². The van der Waals surface area contributed by atoms with Gasteiger partial charge < -0.3 is 10.4 Å². The van der Waals surface area contributed by atoms with Crippen LogP contribution in [0.2, 0.25) is 0 Å². The second kappa shape index (κ2) is 7.08. The van der Waals surface area contributed by atoms with Crippen molar-refractivity contribution in [3.05, 3.63) is 22.2 Å². The lowest BCUT2D eigenvalue weighted by molar-refractivity contribution is -0.388. The summed E-state index contributed by atoms with van der Waals surface area (Å²) in [6, 6.07) is 3.03. The van der Waals surface area contributed by atoms with Crippen molar-refractivity contribution < 1.29 is 10.0 Å². The van der Waals surface area contributed by atoms with Crippen LogP contribution in [0.25, 0.3) is 0 Å². The van der Waals surface area contributed by atoms with Gasteiger partial charge in [-0.25, -0.2) is 4.98 Å². The highest BCUT2D eigenvalue weighted by atomic mass is 32.2. The predicted molar refractivity (Wildman–Crippen MR) is 67.5 cm³/mol. The van der Waals surface area contributed by atoms with E-state index in [0.29, 0.717) is 16.6 Å². The molecule has 0 bridgehead atoms. The number of aliphatic hydroxyl groups is 1. The summed E-state index contributed by atoms with van der Waals surface area (Å²) >= 11 is 1.18. The Bertz CT molecular complexity index is 387. The van der Waals surface area contributed by atoms with Crippen molar-refractivity contribution in [1.29, 1.82) is 0 Å². The number of nitrogens with one attached hydrogen (secondary N) is 1. The lowest BCUT2D eigenvalue weighted by Gasteiger charge is -2.06. The van der Waals surface area contributed by atoms with Gasteiger partial charge in [-0.1, -0.05) is 18.7 Å². The van der Waals surface area contributed by atoms with E-state index in [-0.39, 0.29) is 12.3 Å². The minimum absolute atomic E-state index is 0.0227. The van der Waals surface area contributed by atoms with Crippen molar-refractivity contribution in [3.8, 4) is 0 Å². The highest BCUT2D eigenvalue weighted by Gasteiger charge is 2.16. The number of anilines is 1. The molecule has 0 aliphatic rings. The fourth-order valence-electron chi connectivity index (χ4n) is 1.17. The van der Waals surface area contributed by atoms with E-state index in [9.17, 15) is 10.1 Å². The van der Waals surface area contributed by atoms with Gasteiger partial charge in [-0.15, -0.1) is 0 Å². The summed E-state index contributed by atoms with van der Waals surface area (Å²) < 4.78 is 0. The number of thioether (sulfide) groups is 1. The number of rotatable bonds is 7. The fraction of sp³-hybridized carbons (Fsp3) is 0.500. The van der Waals surface area contributed by atoms with E-state index in [4.69, 9.17) is 5.11 Å². The largest absolute Gasteiger partial charge is 0.396 e. The summed E-state index contributed by atoms with van der Waals surface area (Å²) in [5, 5.41) is 22.9. The second-order valence-corrected chi connectivity index (χ2v) is 4.36. The molecule has 1 rings (SSSR count). The highest BCUT2D eigenvalue weighted by Crippen LogP contribution is 2.28. The van der Waals surface area contributed by atoms with Crippen molar-refractivity contribution in [3.63, 3.8) is 0 Å². The number of aliphatic hydroxyl groups excluding tert-OH is 1. The van der Waals surface area contributed by atoms with Crippen LogP contribution >= 0.6 is 11.8 Å². The first-order valence-corrected chi connectivity index (χ1v) is 6.30. The van der Waals surface area contributed by atoms with Gasteiger partial charge in [0.1, 0.15) is 5.82 Å². The smallest absolute Gasteiger partial charge is 0.301 e. The zero-order chi connectivity index (χ0) is 12.7. The molecule has 0 atom stereocenters. The molecule has 0 saturated carbocycles. The third-order valence-electron chi connectivity index (χ3n) is 1.92. The van der Waals surface area contributed by atoms with E-state index in [1.54, 1.807) is 6.07 Å². The van der Waals surface area contributed by atoms with Crippen LogP contribution in [0.15, 0.2) is 17.2 Å². The Hall–Kier alpha value is -1.34. The Morgan fingerprint density at radius 2 is 2.35 bits per heavy atom. The minimum atomic E-state index is -0.462. The Balaban J connectivity index is 2.88. The average Bonchev–Trinajstić information content (AvgIpc) is 2.33. The molecule has 1 aromatic rings. The lowest BCUT2D eigenvalue weighted by atomic mass is 10.4. The van der Waals surface area contributed by atoms with Gasteiger partial charge >= 0.3 is 5.69 Å². The van der Waals surface area contributed by atoms with Crippen LogP contribution in [0.4, 0.5) is 11.5 Å². The van der Waals surface area contributed by atoms with Gasteiger partial charge in [0.15, 0.2) is 5.03 Å². The van der Waals surface area contributed by atoms with Crippen LogP contribution in [0, 0.1) is 10.1 Å². The third kappa shape index (κ3) is 4.20. The predicted octanol–water partition coefficient (Wildman–Crippen LogP) is 1.90. The van der Waals surface area contributed by atoms with Gasteiger partial charge in [0, 0.05) is 18.4 Å². The monoisotopic (exact) mass is 257 g/mol. The molecule has 2 N–H and O–H groups in total. The summed E-state index contributed by atoms with van der Waals surface area (Å²) in [5.41, 5.74) is -0.0227. The quantitative estimate of drug-likeness (QED) is 0.440. The zero-order valence-corrected chi connectivity index (χ0v) is 10.4. The van der Waals surface area contributed by atoms with Crippen LogP contribution in [0.3, 0.4) is 0 Å². The molecule has 7 heteroatoms. The maximum Gasteiger partial charge on any atom is 0.301 e. The van der Waals surface area contributed by atoms with Crippen molar-refractivity contribution in [2.75, 3.05) is 24.2 Å². The van der Waals surface area contributed by atoms with Gasteiger partial charge in [0.05, 0.1) is 11.5 Å². The molecule has 0 aliphatic carbocycles. The number of pyridine rings is 1. The molecule has 1 aromatic heterocycles. The van der Waals surface area contributed by atoms with E-state index < -0.39 is 4.92 Å². The fourth-order valence-corrected chi connectivity index (χ4v) is 1.91. The summed E-state index contributed by atoms with van der Waals surface area (Å²) in [7, 11) is 0. The molecule has 0 saturated heterocycles. The molecule has 0 radical (unpaired) electrons. The standard InChI is InChI=1S/C10H15N3O3S/c1-2-5-11-9-4-3-8(13(15)16)10(12-9)17-7-6-14/h3-4,14H,2,5-7H2,1H3,(H,11,12). The first kappa shape index (κ1) is 13.7. The van der Waals surface area contributed by atoms with Crippen LogP contribution < -0.4 is 5.32 Å². The van der Waals surface area contributed by atoms with Crippen molar-refractivity contribution in [1.82, 2.24) is 4.98 Å². The first-order chi connectivity index (χ1) is 8.19. The maximum absolute atomic E-state index is 10.8. The molecular formula is C10H15N3O3S.